The van der Waals surface area contributed by atoms with Gasteiger partial charge in [-0.25, -0.2) is 8.42 Å². The summed E-state index contributed by atoms with van der Waals surface area (Å²) >= 11 is 0. The molecule has 6 nitrogen and oxygen atoms in total. The summed E-state index contributed by atoms with van der Waals surface area (Å²) in [5.74, 6) is -0.116. The van der Waals surface area contributed by atoms with Gasteiger partial charge in [-0.15, -0.1) is 12.4 Å². The summed E-state index contributed by atoms with van der Waals surface area (Å²) in [7, 11) is -1.92. The van der Waals surface area contributed by atoms with Crippen molar-refractivity contribution in [3.05, 3.63) is 35.9 Å². The molecule has 8 heteroatoms. The van der Waals surface area contributed by atoms with Crippen LogP contribution in [0, 0.1) is 0 Å². The molecule has 1 saturated heterocycles. The molecule has 0 bridgehead atoms. The molecule has 1 amide bonds. The number of carbonyl (C=O) groups excluding carboxylic acids is 1. The standard InChI is InChI=1S/C15H23N3O3S.ClH/c1-3-22(20,21)17(2)11-15(19)18-9-13(14(16)10-18)12-7-5-4-6-8-12;/h4-8,13-14H,3,9-11,16H2,1-2H3;1H/t13-,14+;/m0./s1. The second-order valence-corrected chi connectivity index (χ2v) is 8.00. The minimum absolute atomic E-state index is 0. The van der Waals surface area contributed by atoms with Gasteiger partial charge in [0.2, 0.25) is 15.9 Å². The van der Waals surface area contributed by atoms with Gasteiger partial charge in [0.25, 0.3) is 0 Å². The Bertz CT molecular complexity index is 624. The van der Waals surface area contributed by atoms with Crippen LogP contribution in [0.4, 0.5) is 0 Å². The second-order valence-electron chi connectivity index (χ2n) is 5.64. The Morgan fingerprint density at radius 3 is 2.48 bits per heavy atom. The number of likely N-dealkylation sites (tertiary alicyclic amines) is 1. The fraction of sp³-hybridized carbons (Fsp3) is 0.533. The van der Waals surface area contributed by atoms with Gasteiger partial charge in [0, 0.05) is 32.1 Å². The first-order chi connectivity index (χ1) is 10.3. The molecule has 1 aliphatic rings. The summed E-state index contributed by atoms with van der Waals surface area (Å²) in [4.78, 5) is 14.0. The van der Waals surface area contributed by atoms with E-state index in [1.54, 1.807) is 11.8 Å². The van der Waals surface area contributed by atoms with Crippen molar-refractivity contribution in [2.75, 3.05) is 32.4 Å². The van der Waals surface area contributed by atoms with Gasteiger partial charge in [-0.2, -0.15) is 4.31 Å². The smallest absolute Gasteiger partial charge is 0.237 e. The van der Waals surface area contributed by atoms with E-state index in [4.69, 9.17) is 5.73 Å². The molecule has 0 aromatic heterocycles. The average molecular weight is 362 g/mol. The largest absolute Gasteiger partial charge is 0.339 e. The van der Waals surface area contributed by atoms with Crippen molar-refractivity contribution in [3.63, 3.8) is 0 Å². The summed E-state index contributed by atoms with van der Waals surface area (Å²) in [6.45, 7) is 2.42. The van der Waals surface area contributed by atoms with E-state index in [0.29, 0.717) is 13.1 Å². The first-order valence-electron chi connectivity index (χ1n) is 7.37. The highest BCUT2D eigenvalue weighted by Gasteiger charge is 2.34. The van der Waals surface area contributed by atoms with Crippen molar-refractivity contribution < 1.29 is 13.2 Å². The second kappa shape index (κ2) is 8.10. The Kier molecular flexibility index (Phi) is 7.01. The van der Waals surface area contributed by atoms with Crippen molar-refractivity contribution in [3.8, 4) is 0 Å². The molecule has 2 rings (SSSR count). The fourth-order valence-corrected chi connectivity index (χ4v) is 3.44. The highest BCUT2D eigenvalue weighted by molar-refractivity contribution is 7.89. The van der Waals surface area contributed by atoms with E-state index in [2.05, 4.69) is 0 Å². The van der Waals surface area contributed by atoms with Gasteiger partial charge in [0.15, 0.2) is 0 Å². The zero-order chi connectivity index (χ0) is 16.3. The highest BCUT2D eigenvalue weighted by Crippen LogP contribution is 2.26. The van der Waals surface area contributed by atoms with E-state index in [0.717, 1.165) is 9.87 Å². The predicted molar refractivity (Wildman–Crippen MR) is 93.1 cm³/mol. The third-order valence-corrected chi connectivity index (χ3v) is 5.95. The Labute approximate surface area is 144 Å². The molecule has 0 saturated carbocycles. The molecular formula is C15H24ClN3O3S. The zero-order valence-corrected chi connectivity index (χ0v) is 15.0. The number of amides is 1. The van der Waals surface area contributed by atoms with Gasteiger partial charge >= 0.3 is 0 Å². The molecule has 0 unspecified atom stereocenters. The molecule has 2 N–H and O–H groups in total. The number of hydrogen-bond donors (Lipinski definition) is 1. The quantitative estimate of drug-likeness (QED) is 0.834. The van der Waals surface area contributed by atoms with Crippen LogP contribution in [-0.4, -0.2) is 62.0 Å². The van der Waals surface area contributed by atoms with Crippen LogP contribution >= 0.6 is 12.4 Å². The molecule has 0 radical (unpaired) electrons. The Hall–Kier alpha value is -1.15. The fourth-order valence-electron chi connectivity index (χ4n) is 2.69. The summed E-state index contributed by atoms with van der Waals surface area (Å²) < 4.78 is 24.6. The van der Waals surface area contributed by atoms with Crippen LogP contribution in [0.3, 0.4) is 0 Å². The van der Waals surface area contributed by atoms with Crippen LogP contribution in [0.5, 0.6) is 0 Å². The zero-order valence-electron chi connectivity index (χ0n) is 13.4. The van der Waals surface area contributed by atoms with Gasteiger partial charge in [-0.3, -0.25) is 4.79 Å². The van der Waals surface area contributed by atoms with Crippen LogP contribution in [0.15, 0.2) is 30.3 Å². The molecule has 23 heavy (non-hydrogen) atoms. The number of benzene rings is 1. The maximum Gasteiger partial charge on any atom is 0.237 e. The highest BCUT2D eigenvalue weighted by atomic mass is 35.5. The summed E-state index contributed by atoms with van der Waals surface area (Å²) in [6.07, 6.45) is 0. The van der Waals surface area contributed by atoms with Gasteiger partial charge in [-0.1, -0.05) is 30.3 Å². The van der Waals surface area contributed by atoms with E-state index in [9.17, 15) is 13.2 Å². The normalized spacial score (nSPS) is 21.3. The summed E-state index contributed by atoms with van der Waals surface area (Å²) in [5, 5.41) is 0. The molecular weight excluding hydrogens is 338 g/mol. The van der Waals surface area contributed by atoms with E-state index in [-0.39, 0.29) is 42.6 Å². The number of carbonyl (C=O) groups is 1. The van der Waals surface area contributed by atoms with Gasteiger partial charge in [0.05, 0.1) is 12.3 Å². The minimum Gasteiger partial charge on any atom is -0.339 e. The minimum atomic E-state index is -3.35. The average Bonchev–Trinajstić information content (AvgIpc) is 2.90. The molecule has 1 heterocycles. The number of halogens is 1. The van der Waals surface area contributed by atoms with Crippen molar-refractivity contribution in [2.24, 2.45) is 5.73 Å². The monoisotopic (exact) mass is 361 g/mol. The summed E-state index contributed by atoms with van der Waals surface area (Å²) in [5.41, 5.74) is 7.27. The van der Waals surface area contributed by atoms with Crippen LogP contribution in [0.1, 0.15) is 18.4 Å². The van der Waals surface area contributed by atoms with Crippen LogP contribution in [-0.2, 0) is 14.8 Å². The third kappa shape index (κ3) is 4.67. The molecule has 2 atom stereocenters. The number of nitrogens with zero attached hydrogens (tertiary/aromatic N) is 2. The van der Waals surface area contributed by atoms with Crippen LogP contribution < -0.4 is 5.73 Å². The van der Waals surface area contributed by atoms with E-state index < -0.39 is 10.0 Å². The molecule has 1 aromatic rings. The molecule has 1 aromatic carbocycles. The van der Waals surface area contributed by atoms with Crippen molar-refractivity contribution in [1.82, 2.24) is 9.21 Å². The Morgan fingerprint density at radius 1 is 1.30 bits per heavy atom. The topological polar surface area (TPSA) is 83.7 Å². The number of likely N-dealkylation sites (N-methyl/N-ethyl adjacent to an activating group) is 1. The van der Waals surface area contributed by atoms with Gasteiger partial charge in [0.1, 0.15) is 0 Å². The van der Waals surface area contributed by atoms with Crippen LogP contribution in [0.2, 0.25) is 0 Å². The number of hydrogen-bond acceptors (Lipinski definition) is 4. The SMILES string of the molecule is CCS(=O)(=O)N(C)CC(=O)N1C[C@@H](N)[C@H](c2ccccc2)C1.Cl. The van der Waals surface area contributed by atoms with E-state index in [1.807, 2.05) is 30.3 Å². The number of sulfonamides is 1. The van der Waals surface area contributed by atoms with Crippen molar-refractivity contribution in [1.29, 1.82) is 0 Å². The molecule has 0 aliphatic carbocycles. The van der Waals surface area contributed by atoms with Crippen LogP contribution in [0.25, 0.3) is 0 Å². The number of nitrogens with two attached hydrogens (primary N) is 1. The first kappa shape index (κ1) is 19.9. The molecule has 1 aliphatic heterocycles. The lowest BCUT2D eigenvalue weighted by Crippen LogP contribution is -2.41. The van der Waals surface area contributed by atoms with Gasteiger partial charge in [-0.05, 0) is 12.5 Å². The lowest BCUT2D eigenvalue weighted by Gasteiger charge is -2.21. The predicted octanol–water partition coefficient (Wildman–Crippen LogP) is 0.643. The van der Waals surface area contributed by atoms with Gasteiger partial charge < -0.3 is 10.6 Å². The third-order valence-electron chi connectivity index (χ3n) is 4.14. The lowest BCUT2D eigenvalue weighted by atomic mass is 9.95. The lowest BCUT2D eigenvalue weighted by molar-refractivity contribution is -0.130. The van der Waals surface area contributed by atoms with Crippen molar-refractivity contribution >= 4 is 28.3 Å². The van der Waals surface area contributed by atoms with E-state index >= 15 is 0 Å². The summed E-state index contributed by atoms with van der Waals surface area (Å²) in [6, 6.07) is 9.73. The Morgan fingerprint density at radius 2 is 1.91 bits per heavy atom. The molecule has 130 valence electrons. The number of rotatable bonds is 5. The molecule has 0 spiro atoms. The van der Waals surface area contributed by atoms with E-state index in [1.165, 1.54) is 7.05 Å². The maximum atomic E-state index is 12.3. The van der Waals surface area contributed by atoms with Crippen molar-refractivity contribution in [2.45, 2.75) is 18.9 Å². The Balaban J connectivity index is 0.00000264. The first-order valence-corrected chi connectivity index (χ1v) is 8.98. The molecule has 1 fully saturated rings. The maximum absolute atomic E-state index is 12.3.